The van der Waals surface area contributed by atoms with Crippen molar-refractivity contribution in [2.24, 2.45) is 0 Å². The molecule has 0 radical (unpaired) electrons. The Kier molecular flexibility index (Phi) is 6.23. The van der Waals surface area contributed by atoms with Crippen LogP contribution >= 0.6 is 0 Å². The number of rotatable bonds is 6. The van der Waals surface area contributed by atoms with E-state index >= 15 is 0 Å². The Hall–Kier alpha value is -1.59. The van der Waals surface area contributed by atoms with Gasteiger partial charge in [0.25, 0.3) is 0 Å². The summed E-state index contributed by atoms with van der Waals surface area (Å²) >= 11 is 0. The first kappa shape index (κ1) is 15.4. The maximum absolute atomic E-state index is 11.4. The van der Waals surface area contributed by atoms with Crippen molar-refractivity contribution in [1.82, 2.24) is 0 Å². The van der Waals surface area contributed by atoms with Gasteiger partial charge in [0.1, 0.15) is 5.60 Å². The Balaban J connectivity index is 4.71. The van der Waals surface area contributed by atoms with Gasteiger partial charge in [0.05, 0.1) is 13.0 Å². The highest BCUT2D eigenvalue weighted by Gasteiger charge is 2.36. The number of carbonyl (C=O) groups is 3. The first-order valence-electron chi connectivity index (χ1n) is 5.52. The van der Waals surface area contributed by atoms with Gasteiger partial charge in [0, 0.05) is 0 Å². The van der Waals surface area contributed by atoms with Crippen molar-refractivity contribution in [3.05, 3.63) is 0 Å². The zero-order chi connectivity index (χ0) is 13.5. The molecule has 0 aliphatic carbocycles. The van der Waals surface area contributed by atoms with E-state index < -0.39 is 23.5 Å². The van der Waals surface area contributed by atoms with Crippen LogP contribution in [0.25, 0.3) is 0 Å². The third-order valence-electron chi connectivity index (χ3n) is 2.54. The smallest absolute Gasteiger partial charge is 0.417 e. The van der Waals surface area contributed by atoms with Crippen LogP contribution < -0.4 is 0 Å². The summed E-state index contributed by atoms with van der Waals surface area (Å²) < 4.78 is 9.64. The van der Waals surface area contributed by atoms with E-state index in [1.165, 1.54) is 0 Å². The van der Waals surface area contributed by atoms with Crippen molar-refractivity contribution in [3.63, 3.8) is 0 Å². The largest absolute Gasteiger partial charge is 0.473 e. The highest BCUT2D eigenvalue weighted by atomic mass is 16.6. The number of aliphatic carboxylic acids is 1. The fourth-order valence-corrected chi connectivity index (χ4v) is 1.40. The van der Waals surface area contributed by atoms with Crippen LogP contribution in [0.2, 0.25) is 0 Å². The summed E-state index contributed by atoms with van der Waals surface area (Å²) in [5, 5.41) is 8.48. The molecule has 0 aromatic rings. The molecule has 0 fully saturated rings. The van der Waals surface area contributed by atoms with Crippen LogP contribution in [-0.2, 0) is 23.9 Å². The van der Waals surface area contributed by atoms with Crippen molar-refractivity contribution in [2.75, 3.05) is 6.61 Å². The molecule has 1 N–H and O–H groups in total. The average molecular weight is 246 g/mol. The monoisotopic (exact) mass is 246 g/mol. The number of ether oxygens (including phenoxy) is 2. The maximum Gasteiger partial charge on any atom is 0.417 e. The number of hydrogen-bond acceptors (Lipinski definition) is 5. The zero-order valence-corrected chi connectivity index (χ0v) is 10.3. The molecule has 0 unspecified atom stereocenters. The molecular weight excluding hydrogens is 228 g/mol. The van der Waals surface area contributed by atoms with Crippen molar-refractivity contribution in [3.8, 4) is 0 Å². The molecule has 0 amide bonds. The Morgan fingerprint density at radius 1 is 1.12 bits per heavy atom. The van der Waals surface area contributed by atoms with Crippen LogP contribution in [0.15, 0.2) is 0 Å². The summed E-state index contributed by atoms with van der Waals surface area (Å²) in [5.74, 6) is -3.52. The Morgan fingerprint density at radius 3 is 2.00 bits per heavy atom. The molecule has 0 saturated carbocycles. The molecule has 0 atom stereocenters. The number of carboxylic acid groups (broad SMARTS) is 1. The molecule has 6 nitrogen and oxygen atoms in total. The van der Waals surface area contributed by atoms with Crippen LogP contribution in [-0.4, -0.2) is 35.2 Å². The quantitative estimate of drug-likeness (QED) is 0.558. The van der Waals surface area contributed by atoms with Gasteiger partial charge in [-0.25, -0.2) is 9.59 Å². The lowest BCUT2D eigenvalue weighted by Crippen LogP contribution is -2.39. The molecule has 0 aromatic heterocycles. The van der Waals surface area contributed by atoms with E-state index in [-0.39, 0.29) is 13.0 Å². The van der Waals surface area contributed by atoms with E-state index in [0.717, 1.165) is 0 Å². The van der Waals surface area contributed by atoms with Gasteiger partial charge in [0.15, 0.2) is 0 Å². The number of carboxylic acids is 1. The minimum Gasteiger partial charge on any atom is -0.473 e. The fraction of sp³-hybridized carbons (Fsp3) is 0.727. The topological polar surface area (TPSA) is 89.9 Å². The number of carbonyl (C=O) groups excluding carboxylic acids is 2. The van der Waals surface area contributed by atoms with Crippen molar-refractivity contribution >= 4 is 17.9 Å². The second-order valence-electron chi connectivity index (χ2n) is 3.57. The fourth-order valence-electron chi connectivity index (χ4n) is 1.40. The standard InChI is InChI=1S/C11H18O6/c1-4-11(5-2,7-8(12)16-6-3)17-10(15)9(13)14/h4-7H2,1-3H3,(H,13,14). The van der Waals surface area contributed by atoms with Crippen molar-refractivity contribution < 1.29 is 29.0 Å². The Bertz CT molecular complexity index is 292. The van der Waals surface area contributed by atoms with Gasteiger partial charge in [-0.2, -0.15) is 0 Å². The highest BCUT2D eigenvalue weighted by Crippen LogP contribution is 2.25. The molecule has 0 aliphatic rings. The van der Waals surface area contributed by atoms with Crippen LogP contribution in [0.1, 0.15) is 40.0 Å². The first-order chi connectivity index (χ1) is 7.90. The van der Waals surface area contributed by atoms with Gasteiger partial charge in [-0.3, -0.25) is 4.79 Å². The number of hydrogen-bond donors (Lipinski definition) is 1. The Labute approximate surface area is 99.9 Å². The summed E-state index contributed by atoms with van der Waals surface area (Å²) in [5.41, 5.74) is -1.10. The summed E-state index contributed by atoms with van der Waals surface area (Å²) in [6, 6.07) is 0. The second kappa shape index (κ2) is 6.88. The van der Waals surface area contributed by atoms with Crippen molar-refractivity contribution in [2.45, 2.75) is 45.6 Å². The highest BCUT2D eigenvalue weighted by molar-refractivity contribution is 6.28. The molecule has 0 rings (SSSR count). The van der Waals surface area contributed by atoms with E-state index in [2.05, 4.69) is 0 Å². The van der Waals surface area contributed by atoms with Gasteiger partial charge in [-0.05, 0) is 19.8 Å². The molecule has 0 aliphatic heterocycles. The third kappa shape index (κ3) is 4.84. The maximum atomic E-state index is 11.4. The van der Waals surface area contributed by atoms with E-state index in [4.69, 9.17) is 14.6 Å². The summed E-state index contributed by atoms with van der Waals surface area (Å²) in [6.45, 7) is 5.34. The van der Waals surface area contributed by atoms with Gasteiger partial charge >= 0.3 is 17.9 Å². The van der Waals surface area contributed by atoms with E-state index in [9.17, 15) is 14.4 Å². The molecule has 0 spiro atoms. The lowest BCUT2D eigenvalue weighted by Gasteiger charge is -2.29. The Morgan fingerprint density at radius 2 is 1.65 bits per heavy atom. The van der Waals surface area contributed by atoms with Crippen LogP contribution in [0.4, 0.5) is 0 Å². The molecule has 17 heavy (non-hydrogen) atoms. The van der Waals surface area contributed by atoms with E-state index in [1.807, 2.05) is 0 Å². The minimum absolute atomic E-state index is 0.132. The molecule has 0 aromatic carbocycles. The lowest BCUT2D eigenvalue weighted by atomic mass is 9.93. The predicted octanol–water partition coefficient (Wildman–Crippen LogP) is 1.13. The van der Waals surface area contributed by atoms with Gasteiger partial charge in [-0.15, -0.1) is 0 Å². The van der Waals surface area contributed by atoms with E-state index in [1.54, 1.807) is 20.8 Å². The van der Waals surface area contributed by atoms with E-state index in [0.29, 0.717) is 12.8 Å². The average Bonchev–Trinajstić information content (AvgIpc) is 2.28. The molecule has 0 bridgehead atoms. The zero-order valence-electron chi connectivity index (χ0n) is 10.3. The van der Waals surface area contributed by atoms with Gasteiger partial charge < -0.3 is 14.6 Å². The number of esters is 2. The normalized spacial score (nSPS) is 10.8. The molecule has 0 heterocycles. The molecule has 0 saturated heterocycles. The summed E-state index contributed by atoms with van der Waals surface area (Å²) in [4.78, 5) is 32.8. The molecule has 6 heteroatoms. The van der Waals surface area contributed by atoms with Crippen molar-refractivity contribution in [1.29, 1.82) is 0 Å². The lowest BCUT2D eigenvalue weighted by molar-refractivity contribution is -0.178. The van der Waals surface area contributed by atoms with Crippen LogP contribution in [0, 0.1) is 0 Å². The van der Waals surface area contributed by atoms with Crippen LogP contribution in [0.3, 0.4) is 0 Å². The molecular formula is C11H18O6. The first-order valence-corrected chi connectivity index (χ1v) is 5.52. The summed E-state index contributed by atoms with van der Waals surface area (Å²) in [7, 11) is 0. The van der Waals surface area contributed by atoms with Gasteiger partial charge in [-0.1, -0.05) is 13.8 Å². The third-order valence-corrected chi connectivity index (χ3v) is 2.54. The second-order valence-corrected chi connectivity index (χ2v) is 3.57. The van der Waals surface area contributed by atoms with Gasteiger partial charge in [0.2, 0.25) is 0 Å². The van der Waals surface area contributed by atoms with Crippen LogP contribution in [0.5, 0.6) is 0 Å². The summed E-state index contributed by atoms with van der Waals surface area (Å²) in [6.07, 6.45) is 0.565. The molecule has 98 valence electrons. The minimum atomic E-state index is -1.67. The SMILES string of the molecule is CCOC(=O)CC(CC)(CC)OC(=O)C(=O)O. The predicted molar refractivity (Wildman–Crippen MR) is 58.3 cm³/mol.